The maximum absolute atomic E-state index is 12.0. The zero-order valence-corrected chi connectivity index (χ0v) is 16.1. The molecule has 2 heterocycles. The van der Waals surface area contributed by atoms with Crippen molar-refractivity contribution in [2.24, 2.45) is 5.10 Å². The van der Waals surface area contributed by atoms with Crippen LogP contribution >= 0.6 is 54.5 Å². The van der Waals surface area contributed by atoms with E-state index in [9.17, 15) is 4.79 Å². The summed E-state index contributed by atoms with van der Waals surface area (Å²) in [5.74, 6) is 0.300. The summed E-state index contributed by atoms with van der Waals surface area (Å²) in [6.45, 7) is 0. The third-order valence-corrected chi connectivity index (χ3v) is 5.35. The van der Waals surface area contributed by atoms with Crippen molar-refractivity contribution in [2.45, 2.75) is 0 Å². The number of amides is 1. The highest BCUT2D eigenvalue weighted by Crippen LogP contribution is 2.23. The van der Waals surface area contributed by atoms with Crippen LogP contribution in [-0.4, -0.2) is 12.1 Å². The Morgan fingerprint density at radius 2 is 2.05 bits per heavy atom. The molecule has 0 radical (unpaired) electrons. The highest BCUT2D eigenvalue weighted by Gasteiger charge is 2.12. The van der Waals surface area contributed by atoms with Crippen LogP contribution < -0.4 is 5.43 Å². The molecule has 3 rings (SSSR count). The first-order chi connectivity index (χ1) is 10.5. The number of nitrogens with zero attached hydrogens (tertiary/aromatic N) is 1. The van der Waals surface area contributed by atoms with Crippen molar-refractivity contribution in [2.75, 3.05) is 0 Å². The minimum absolute atomic E-state index is 0.195. The van der Waals surface area contributed by atoms with Crippen molar-refractivity contribution in [3.63, 3.8) is 0 Å². The first-order valence-corrected chi connectivity index (χ1v) is 8.67. The van der Waals surface area contributed by atoms with Gasteiger partial charge in [-0.2, -0.15) is 5.10 Å². The van der Waals surface area contributed by atoms with Gasteiger partial charge >= 0.3 is 5.91 Å². The van der Waals surface area contributed by atoms with Crippen molar-refractivity contribution >= 4 is 77.5 Å². The SMILES string of the molecule is O=C(N/N=C/c1cc(Br)c(I)o1)c1cc2cc(Br)ccc2o1. The van der Waals surface area contributed by atoms with E-state index < -0.39 is 5.91 Å². The maximum Gasteiger partial charge on any atom is 0.307 e. The molecule has 0 aliphatic heterocycles. The Morgan fingerprint density at radius 3 is 2.77 bits per heavy atom. The highest BCUT2D eigenvalue weighted by atomic mass is 127. The lowest BCUT2D eigenvalue weighted by molar-refractivity contribution is 0.0929. The molecule has 1 aromatic carbocycles. The fourth-order valence-corrected chi connectivity index (χ4v) is 2.86. The molecule has 0 saturated heterocycles. The predicted molar refractivity (Wildman–Crippen MR) is 98.1 cm³/mol. The quantitative estimate of drug-likeness (QED) is 0.293. The summed E-state index contributed by atoms with van der Waals surface area (Å²) in [7, 11) is 0. The molecule has 2 aromatic heterocycles. The molecule has 0 unspecified atom stereocenters. The molecule has 3 aromatic rings. The van der Waals surface area contributed by atoms with E-state index in [-0.39, 0.29) is 5.76 Å². The lowest BCUT2D eigenvalue weighted by Gasteiger charge is -1.93. The van der Waals surface area contributed by atoms with Crippen LogP contribution in [0.3, 0.4) is 0 Å². The third kappa shape index (κ3) is 3.44. The van der Waals surface area contributed by atoms with Gasteiger partial charge in [0.2, 0.25) is 0 Å². The van der Waals surface area contributed by atoms with Crippen molar-refractivity contribution in [3.05, 3.63) is 54.6 Å². The molecule has 112 valence electrons. The zero-order chi connectivity index (χ0) is 15.7. The summed E-state index contributed by atoms with van der Waals surface area (Å²) < 4.78 is 13.3. The van der Waals surface area contributed by atoms with Crippen LogP contribution in [0.1, 0.15) is 16.3 Å². The minimum atomic E-state index is -0.427. The van der Waals surface area contributed by atoms with Crippen LogP contribution in [0.4, 0.5) is 0 Å². The molecule has 0 atom stereocenters. The Morgan fingerprint density at radius 1 is 1.23 bits per heavy atom. The molecule has 0 aliphatic carbocycles. The van der Waals surface area contributed by atoms with Gasteiger partial charge in [0.05, 0.1) is 10.7 Å². The summed E-state index contributed by atoms with van der Waals surface area (Å²) in [5, 5.41) is 4.69. The lowest BCUT2D eigenvalue weighted by atomic mass is 10.2. The fraction of sp³-hybridized carbons (Fsp3) is 0. The summed E-state index contributed by atoms with van der Waals surface area (Å²) in [5.41, 5.74) is 3.04. The van der Waals surface area contributed by atoms with Gasteiger partial charge in [-0.3, -0.25) is 4.79 Å². The summed E-state index contributed by atoms with van der Waals surface area (Å²) in [4.78, 5) is 12.0. The number of nitrogens with one attached hydrogen (secondary N) is 1. The van der Waals surface area contributed by atoms with Crippen molar-refractivity contribution in [3.8, 4) is 0 Å². The van der Waals surface area contributed by atoms with Crippen LogP contribution in [0.15, 0.2) is 53.2 Å². The van der Waals surface area contributed by atoms with Crippen molar-refractivity contribution in [1.82, 2.24) is 5.43 Å². The van der Waals surface area contributed by atoms with Gasteiger partial charge in [-0.05, 0) is 40.2 Å². The molecule has 0 aliphatic rings. The second-order valence-corrected chi connectivity index (χ2v) is 7.01. The molecule has 1 amide bonds. The molecule has 8 heteroatoms. The number of carbonyl (C=O) groups excluding carboxylic acids is 1. The second-order valence-electron chi connectivity index (χ2n) is 4.26. The number of hydrogen-bond donors (Lipinski definition) is 1. The van der Waals surface area contributed by atoms with Gasteiger partial charge in [0, 0.05) is 38.5 Å². The Kier molecular flexibility index (Phi) is 4.69. The van der Waals surface area contributed by atoms with E-state index >= 15 is 0 Å². The molecular weight excluding hydrogens is 531 g/mol. The number of benzene rings is 1. The van der Waals surface area contributed by atoms with Crippen molar-refractivity contribution < 1.29 is 13.6 Å². The van der Waals surface area contributed by atoms with Crippen LogP contribution in [0.25, 0.3) is 11.0 Å². The number of carbonyl (C=O) groups is 1. The molecule has 0 bridgehead atoms. The molecule has 0 spiro atoms. The molecule has 22 heavy (non-hydrogen) atoms. The van der Waals surface area contributed by atoms with Gasteiger partial charge in [0.25, 0.3) is 0 Å². The van der Waals surface area contributed by atoms with E-state index in [0.29, 0.717) is 15.1 Å². The van der Waals surface area contributed by atoms with Crippen LogP contribution in [0.5, 0.6) is 0 Å². The fourth-order valence-electron chi connectivity index (χ4n) is 1.76. The number of fused-ring (bicyclic) bond motifs is 1. The Bertz CT molecular complexity index is 866. The number of hydrazone groups is 1. The summed E-state index contributed by atoms with van der Waals surface area (Å²) >= 11 is 8.75. The van der Waals surface area contributed by atoms with Gasteiger partial charge < -0.3 is 8.83 Å². The smallest absolute Gasteiger partial charge is 0.307 e. The van der Waals surface area contributed by atoms with Gasteiger partial charge in [-0.25, -0.2) is 5.43 Å². The maximum atomic E-state index is 12.0. The number of rotatable bonds is 3. The summed E-state index contributed by atoms with van der Waals surface area (Å²) in [6.07, 6.45) is 1.42. The normalized spacial score (nSPS) is 11.4. The largest absolute Gasteiger partial charge is 0.451 e. The van der Waals surface area contributed by atoms with E-state index in [1.165, 1.54) is 6.21 Å². The van der Waals surface area contributed by atoms with Crippen LogP contribution in [0.2, 0.25) is 0 Å². The molecule has 5 nitrogen and oxygen atoms in total. The van der Waals surface area contributed by atoms with Gasteiger partial charge in [0.15, 0.2) is 9.53 Å². The van der Waals surface area contributed by atoms with E-state index in [2.05, 4.69) is 42.4 Å². The number of furan rings is 2. The molecule has 0 saturated carbocycles. The van der Waals surface area contributed by atoms with Crippen LogP contribution in [0, 0.1) is 3.77 Å². The molecule has 0 fully saturated rings. The third-order valence-electron chi connectivity index (χ3n) is 2.72. The topological polar surface area (TPSA) is 67.7 Å². The number of halogens is 3. The predicted octanol–water partition coefficient (Wildman–Crippen LogP) is 4.92. The van der Waals surface area contributed by atoms with Gasteiger partial charge in [-0.15, -0.1) is 0 Å². The van der Waals surface area contributed by atoms with Gasteiger partial charge in [-0.1, -0.05) is 15.9 Å². The Labute approximate surface area is 155 Å². The Hall–Kier alpha value is -1.13. The van der Waals surface area contributed by atoms with Crippen molar-refractivity contribution in [1.29, 1.82) is 0 Å². The first-order valence-electron chi connectivity index (χ1n) is 6.00. The van der Waals surface area contributed by atoms with E-state index in [1.807, 2.05) is 34.7 Å². The van der Waals surface area contributed by atoms with E-state index in [4.69, 9.17) is 8.83 Å². The van der Waals surface area contributed by atoms with Gasteiger partial charge in [0.1, 0.15) is 11.3 Å². The summed E-state index contributed by atoms with van der Waals surface area (Å²) in [6, 6.07) is 8.94. The van der Waals surface area contributed by atoms with E-state index in [0.717, 1.165) is 14.3 Å². The van der Waals surface area contributed by atoms with Crippen LogP contribution in [-0.2, 0) is 0 Å². The number of hydrogen-bond acceptors (Lipinski definition) is 4. The zero-order valence-electron chi connectivity index (χ0n) is 10.8. The molecular formula is C14H7Br2IN2O3. The monoisotopic (exact) mass is 536 g/mol. The Balaban J connectivity index is 1.72. The highest BCUT2D eigenvalue weighted by molar-refractivity contribution is 14.1. The van der Waals surface area contributed by atoms with E-state index in [1.54, 1.807) is 18.2 Å². The lowest BCUT2D eigenvalue weighted by Crippen LogP contribution is -2.16. The average Bonchev–Trinajstić information content (AvgIpc) is 3.02. The second kappa shape index (κ2) is 6.55. The average molecular weight is 538 g/mol. The molecule has 1 N–H and O–H groups in total. The minimum Gasteiger partial charge on any atom is -0.451 e. The first kappa shape index (κ1) is 15.8. The standard InChI is InChI=1S/C14H7Br2IN2O3/c15-8-1-2-11-7(3-8)4-12(22-11)14(20)19-18-6-9-5-10(16)13(17)21-9/h1-6H,(H,19,20)/b18-6+.